The molecule has 16 heteroatoms. The summed E-state index contributed by atoms with van der Waals surface area (Å²) in [6, 6.07) is 13.6. The van der Waals surface area contributed by atoms with Crippen LogP contribution in [-0.4, -0.2) is 91.4 Å². The number of rotatable bonds is 11. The van der Waals surface area contributed by atoms with Gasteiger partial charge < -0.3 is 35.1 Å². The number of alkyl carbamates (subject to hydrolysis) is 1. The Hall–Kier alpha value is -5.38. The third-order valence-electron chi connectivity index (χ3n) is 13.4. The van der Waals surface area contributed by atoms with E-state index in [1.54, 1.807) is 7.11 Å². The highest BCUT2D eigenvalue weighted by molar-refractivity contribution is 7.91. The molecule has 4 bridgehead atoms. The number of nitrogens with zero attached hydrogens (tertiary/aromatic N) is 2. The number of cyclic esters (lactones) is 1. The first-order valence-electron chi connectivity index (χ1n) is 22.4. The van der Waals surface area contributed by atoms with E-state index in [9.17, 15) is 22.8 Å². The maximum Gasteiger partial charge on any atom is 0.407 e. The molecule has 2 aromatic carbocycles. The van der Waals surface area contributed by atoms with E-state index in [2.05, 4.69) is 27.3 Å². The van der Waals surface area contributed by atoms with Gasteiger partial charge in [0.05, 0.1) is 31.0 Å². The quantitative estimate of drug-likeness (QED) is 0.167. The molecule has 4 amide bonds. The minimum absolute atomic E-state index is 0.0103. The number of pyridine rings is 1. The van der Waals surface area contributed by atoms with Gasteiger partial charge in [0, 0.05) is 36.4 Å². The highest BCUT2D eigenvalue weighted by Gasteiger charge is 2.62. The number of carbonyl (C=O) groups is 4. The van der Waals surface area contributed by atoms with E-state index < -0.39 is 68.7 Å². The van der Waals surface area contributed by atoms with Crippen LogP contribution < -0.4 is 30.1 Å². The number of anilines is 1. The summed E-state index contributed by atoms with van der Waals surface area (Å²) in [6.45, 7) is 8.53. The zero-order valence-corrected chi connectivity index (χ0v) is 37.3. The average Bonchev–Trinajstić information content (AvgIpc) is 4.21. The highest BCUT2D eigenvalue weighted by Crippen LogP contribution is 2.46. The van der Waals surface area contributed by atoms with Gasteiger partial charge in [-0.2, -0.15) is 0 Å². The number of nitrogens with one attached hydrogen (secondary N) is 4. The number of carbonyl (C=O) groups excluding carboxylic acids is 4. The molecule has 2 aliphatic heterocycles. The average molecular weight is 885 g/mol. The van der Waals surface area contributed by atoms with Crippen molar-refractivity contribution >= 4 is 50.6 Å². The summed E-state index contributed by atoms with van der Waals surface area (Å²) in [6.07, 6.45) is 7.62. The van der Waals surface area contributed by atoms with E-state index in [1.165, 1.54) is 11.0 Å². The maximum absolute atomic E-state index is 15.1. The van der Waals surface area contributed by atoms with Crippen molar-refractivity contribution in [3.8, 4) is 11.5 Å². The first-order valence-corrected chi connectivity index (χ1v) is 23.9. The fraction of sp³-hybridized carbons (Fsp3) is 0.553. The van der Waals surface area contributed by atoms with E-state index in [4.69, 9.17) is 19.2 Å². The summed E-state index contributed by atoms with van der Waals surface area (Å²) in [7, 11) is -2.29. The Balaban J connectivity index is 1.17. The number of hydrogen-bond acceptors (Lipinski definition) is 11. The molecule has 3 aromatic rings. The fourth-order valence-corrected chi connectivity index (χ4v) is 10.9. The first kappa shape index (κ1) is 44.2. The van der Waals surface area contributed by atoms with Crippen molar-refractivity contribution in [3.05, 3.63) is 72.3 Å². The molecule has 0 radical (unpaired) electrons. The minimum atomic E-state index is -3.92. The van der Waals surface area contributed by atoms with Crippen molar-refractivity contribution in [2.75, 3.05) is 25.6 Å². The largest absolute Gasteiger partial charge is 0.496 e. The van der Waals surface area contributed by atoms with E-state index in [1.807, 2.05) is 62.4 Å². The third kappa shape index (κ3) is 9.90. The van der Waals surface area contributed by atoms with Gasteiger partial charge in [-0.05, 0) is 79.9 Å². The Kier molecular flexibility index (Phi) is 12.6. The van der Waals surface area contributed by atoms with Gasteiger partial charge in [-0.25, -0.2) is 18.2 Å². The normalized spacial score (nSPS) is 26.6. The molecule has 1 aromatic heterocycles. The second kappa shape index (κ2) is 18.0. The Bertz CT molecular complexity index is 2350. The Labute approximate surface area is 369 Å². The summed E-state index contributed by atoms with van der Waals surface area (Å²) in [5, 5.41) is 9.32. The molecular formula is C47H60N6O9S. The summed E-state index contributed by atoms with van der Waals surface area (Å²) < 4.78 is 46.6. The predicted molar refractivity (Wildman–Crippen MR) is 237 cm³/mol. The zero-order chi connectivity index (χ0) is 44.5. The fourth-order valence-electron chi connectivity index (χ4n) is 9.49. The SMILES string of the molecule is C=C[C@@H]1C[C@]1(NC(=O)[C@@H]1C[C@@H]2CN1C(=O)[C@H](C1CCCCC1)NC(=O)OCC(C)(C)CCCc1cc3c(cc(NCc4ccccc4)nc3cc1OC)O2)C(=O)NS(=O)(=O)C1CC1. The van der Waals surface area contributed by atoms with E-state index in [0.717, 1.165) is 48.6 Å². The first-order chi connectivity index (χ1) is 30.2. The van der Waals surface area contributed by atoms with Gasteiger partial charge in [0.2, 0.25) is 21.8 Å². The van der Waals surface area contributed by atoms with E-state index in [0.29, 0.717) is 61.5 Å². The van der Waals surface area contributed by atoms with Gasteiger partial charge in [0.25, 0.3) is 5.91 Å². The molecule has 4 N–H and O–H groups in total. The van der Waals surface area contributed by atoms with Crippen molar-refractivity contribution in [2.45, 2.75) is 126 Å². The lowest BCUT2D eigenvalue weighted by molar-refractivity contribution is -0.142. The lowest BCUT2D eigenvalue weighted by atomic mass is 9.83. The van der Waals surface area contributed by atoms with Crippen LogP contribution in [0.4, 0.5) is 10.6 Å². The van der Waals surface area contributed by atoms with Crippen molar-refractivity contribution in [1.82, 2.24) is 25.2 Å². The van der Waals surface area contributed by atoms with Crippen LogP contribution in [0.5, 0.6) is 11.5 Å². The molecule has 3 aliphatic carbocycles. The number of amides is 4. The van der Waals surface area contributed by atoms with Crippen LogP contribution in [0, 0.1) is 17.3 Å². The van der Waals surface area contributed by atoms with Crippen molar-refractivity contribution in [3.63, 3.8) is 0 Å². The third-order valence-corrected chi connectivity index (χ3v) is 15.3. The lowest BCUT2D eigenvalue weighted by Gasteiger charge is -2.35. The summed E-state index contributed by atoms with van der Waals surface area (Å²) in [4.78, 5) is 63.6. The number of ether oxygens (including phenoxy) is 3. The molecule has 5 atom stereocenters. The van der Waals surface area contributed by atoms with Crippen LogP contribution in [0.3, 0.4) is 0 Å². The smallest absolute Gasteiger partial charge is 0.407 e. The lowest BCUT2D eigenvalue weighted by Crippen LogP contribution is -2.59. The highest BCUT2D eigenvalue weighted by atomic mass is 32.2. The number of aromatic nitrogens is 1. The molecule has 338 valence electrons. The van der Waals surface area contributed by atoms with Gasteiger partial charge in [-0.1, -0.05) is 69.5 Å². The van der Waals surface area contributed by atoms with Gasteiger partial charge in [0.1, 0.15) is 41.0 Å². The van der Waals surface area contributed by atoms with Crippen LogP contribution in [0.15, 0.2) is 61.2 Å². The molecule has 4 fully saturated rings. The molecule has 3 saturated carbocycles. The molecule has 0 spiro atoms. The number of sulfonamides is 1. The molecule has 1 saturated heterocycles. The monoisotopic (exact) mass is 884 g/mol. The number of hydrogen-bond donors (Lipinski definition) is 4. The second-order valence-electron chi connectivity index (χ2n) is 18.8. The second-order valence-corrected chi connectivity index (χ2v) is 20.8. The minimum Gasteiger partial charge on any atom is -0.496 e. The Morgan fingerprint density at radius 3 is 2.51 bits per heavy atom. The van der Waals surface area contributed by atoms with Crippen molar-refractivity contribution < 1.29 is 41.8 Å². The van der Waals surface area contributed by atoms with Crippen LogP contribution in [0.25, 0.3) is 10.9 Å². The number of aryl methyl sites for hydroxylation is 1. The van der Waals surface area contributed by atoms with Crippen LogP contribution >= 0.6 is 0 Å². The number of methoxy groups -OCH3 is 1. The molecule has 0 unspecified atom stereocenters. The maximum atomic E-state index is 15.1. The topological polar surface area (TPSA) is 194 Å². The summed E-state index contributed by atoms with van der Waals surface area (Å²) >= 11 is 0. The molecule has 3 heterocycles. The van der Waals surface area contributed by atoms with Crippen LogP contribution in [-0.2, 0) is 42.1 Å². The van der Waals surface area contributed by atoms with Crippen LogP contribution in [0.2, 0.25) is 0 Å². The van der Waals surface area contributed by atoms with Gasteiger partial charge in [-0.15, -0.1) is 6.58 Å². The van der Waals surface area contributed by atoms with E-state index >= 15 is 4.79 Å². The standard InChI is InChI=1S/C47H60N6O9S/c1-5-32-25-47(32,44(56)52-63(58,59)34-18-19-34)51-42(54)37-22-33-27-53(37)43(55)41(30-15-10-7-11-16-30)50-45(57)61-28-46(2,3)20-12-17-31-21-35-36(23-38(31)60-4)49-40(24-39(35)62-33)48-26-29-13-8-6-9-14-29/h5-6,8-9,13-14,21,23-24,30,32-34,37,41H,1,7,10-12,15-20,22,25-28H2,2-4H3,(H,48,49)(H,50,57)(H,51,54)(H,52,56)/t32-,33-,37+,41+,47-/m1/s1. The molecule has 63 heavy (non-hydrogen) atoms. The number of fused-ring (bicyclic) bond motifs is 3. The Morgan fingerprint density at radius 2 is 1.81 bits per heavy atom. The summed E-state index contributed by atoms with van der Waals surface area (Å²) in [5.74, 6) is -0.906. The number of benzene rings is 2. The van der Waals surface area contributed by atoms with Gasteiger partial charge in [-0.3, -0.25) is 19.1 Å². The Morgan fingerprint density at radius 1 is 1.05 bits per heavy atom. The van der Waals surface area contributed by atoms with Crippen molar-refractivity contribution in [2.24, 2.45) is 17.3 Å². The molecule has 15 nitrogen and oxygen atoms in total. The molecule has 5 aliphatic rings. The predicted octanol–water partition coefficient (Wildman–Crippen LogP) is 5.91. The summed E-state index contributed by atoms with van der Waals surface area (Å²) in [5.41, 5.74) is 0.686. The van der Waals surface area contributed by atoms with Crippen LogP contribution in [0.1, 0.15) is 95.6 Å². The van der Waals surface area contributed by atoms with E-state index in [-0.39, 0.29) is 37.3 Å². The molecular weight excluding hydrogens is 825 g/mol. The van der Waals surface area contributed by atoms with Crippen molar-refractivity contribution in [1.29, 1.82) is 0 Å². The zero-order valence-electron chi connectivity index (χ0n) is 36.5. The molecule has 8 rings (SSSR count). The van der Waals surface area contributed by atoms with Gasteiger partial charge >= 0.3 is 6.09 Å². The van der Waals surface area contributed by atoms with Gasteiger partial charge in [0.15, 0.2) is 0 Å².